The van der Waals surface area contributed by atoms with E-state index >= 15 is 0 Å². The first-order valence-electron chi connectivity index (χ1n) is 7.20. The first-order chi connectivity index (χ1) is 10.4. The van der Waals surface area contributed by atoms with Gasteiger partial charge in [0.1, 0.15) is 11.4 Å². The zero-order valence-corrected chi connectivity index (χ0v) is 13.8. The Balaban J connectivity index is 1.95. The molecule has 1 unspecified atom stereocenters. The van der Waals surface area contributed by atoms with Crippen molar-refractivity contribution in [3.63, 3.8) is 0 Å². The maximum absolute atomic E-state index is 12.1. The maximum atomic E-state index is 12.1. The Labute approximate surface area is 134 Å². The summed E-state index contributed by atoms with van der Waals surface area (Å²) in [7, 11) is 0. The lowest BCUT2D eigenvalue weighted by atomic mass is 10.1. The van der Waals surface area contributed by atoms with Crippen molar-refractivity contribution in [3.8, 4) is 5.75 Å². The summed E-state index contributed by atoms with van der Waals surface area (Å²) in [6.45, 7) is 5.76. The van der Waals surface area contributed by atoms with E-state index in [2.05, 4.69) is 5.32 Å². The van der Waals surface area contributed by atoms with Gasteiger partial charge in [-0.3, -0.25) is 4.79 Å². The molecule has 4 nitrogen and oxygen atoms in total. The van der Waals surface area contributed by atoms with Crippen molar-refractivity contribution >= 4 is 17.2 Å². The van der Waals surface area contributed by atoms with E-state index in [0.717, 1.165) is 10.6 Å². The van der Waals surface area contributed by atoms with Crippen molar-refractivity contribution in [1.29, 1.82) is 0 Å². The number of thiophene rings is 1. The minimum Gasteiger partial charge on any atom is -0.491 e. The molecule has 0 spiro atoms. The van der Waals surface area contributed by atoms with Gasteiger partial charge in [0, 0.05) is 10.4 Å². The monoisotopic (exact) mass is 319 g/mol. The number of benzene rings is 1. The zero-order valence-electron chi connectivity index (χ0n) is 13.0. The van der Waals surface area contributed by atoms with Crippen molar-refractivity contribution in [2.45, 2.75) is 32.5 Å². The summed E-state index contributed by atoms with van der Waals surface area (Å²) in [6.07, 6.45) is 0.0977. The zero-order chi connectivity index (χ0) is 16.2. The van der Waals surface area contributed by atoms with Crippen LogP contribution >= 0.6 is 11.3 Å². The van der Waals surface area contributed by atoms with Crippen LogP contribution in [0.2, 0.25) is 0 Å². The van der Waals surface area contributed by atoms with E-state index in [-0.39, 0.29) is 18.6 Å². The molecular formula is C17H21NO3S. The molecule has 0 saturated heterocycles. The number of rotatable bonds is 6. The van der Waals surface area contributed by atoms with Gasteiger partial charge in [-0.15, -0.1) is 11.3 Å². The van der Waals surface area contributed by atoms with Gasteiger partial charge in [0.2, 0.25) is 0 Å². The molecule has 0 aliphatic rings. The van der Waals surface area contributed by atoms with Crippen molar-refractivity contribution in [2.24, 2.45) is 0 Å². The number of carbonyl (C=O) groups excluding carboxylic acids is 1. The van der Waals surface area contributed by atoms with Crippen LogP contribution < -0.4 is 10.1 Å². The highest BCUT2D eigenvalue weighted by Crippen LogP contribution is 2.24. The summed E-state index contributed by atoms with van der Waals surface area (Å²) in [5, 5.41) is 15.1. The van der Waals surface area contributed by atoms with Crippen molar-refractivity contribution in [3.05, 3.63) is 52.2 Å². The normalized spacial score (nSPS) is 13.7. The van der Waals surface area contributed by atoms with Crippen LogP contribution in [0.25, 0.3) is 0 Å². The summed E-state index contributed by atoms with van der Waals surface area (Å²) in [6, 6.07) is 10.7. The second-order valence-electron chi connectivity index (χ2n) is 5.62. The predicted octanol–water partition coefficient (Wildman–Crippen LogP) is 3.17. The molecule has 2 N–H and O–H groups in total. The van der Waals surface area contributed by atoms with E-state index in [0.29, 0.717) is 5.56 Å². The minimum absolute atomic E-state index is 0.0977. The molecule has 118 valence electrons. The van der Waals surface area contributed by atoms with Crippen LogP contribution in [0.4, 0.5) is 0 Å². The molecular weight excluding hydrogens is 298 g/mol. The first kappa shape index (κ1) is 16.5. The number of aliphatic hydroxyl groups is 1. The highest BCUT2D eigenvalue weighted by molar-refractivity contribution is 7.10. The Kier molecular flexibility index (Phi) is 5.21. The number of amides is 1. The van der Waals surface area contributed by atoms with Gasteiger partial charge in [0.15, 0.2) is 0 Å². The second kappa shape index (κ2) is 6.94. The minimum atomic E-state index is -1.06. The standard InChI is InChI=1S/C17H21NO3S/c1-12(2)21-14-8-6-13(7-9-14)16(19)18-11-17(3,20)15-5-4-10-22-15/h4-10,12,20H,11H2,1-3H3,(H,18,19). The lowest BCUT2D eigenvalue weighted by molar-refractivity contribution is 0.0556. The highest BCUT2D eigenvalue weighted by atomic mass is 32.1. The smallest absolute Gasteiger partial charge is 0.251 e. The van der Waals surface area contributed by atoms with E-state index in [4.69, 9.17) is 4.74 Å². The fourth-order valence-electron chi connectivity index (χ4n) is 1.98. The fourth-order valence-corrected chi connectivity index (χ4v) is 2.77. The molecule has 0 saturated carbocycles. The number of carbonyl (C=O) groups is 1. The van der Waals surface area contributed by atoms with Gasteiger partial charge >= 0.3 is 0 Å². The third-order valence-electron chi connectivity index (χ3n) is 3.13. The molecule has 0 radical (unpaired) electrons. The Bertz CT molecular complexity index is 603. The lowest BCUT2D eigenvalue weighted by Crippen LogP contribution is -2.38. The predicted molar refractivity (Wildman–Crippen MR) is 88.4 cm³/mol. The molecule has 1 heterocycles. The molecule has 2 rings (SSSR count). The van der Waals surface area contributed by atoms with Crippen LogP contribution in [0.1, 0.15) is 36.0 Å². The molecule has 5 heteroatoms. The molecule has 0 aliphatic carbocycles. The van der Waals surface area contributed by atoms with Crippen molar-refractivity contribution < 1.29 is 14.6 Å². The van der Waals surface area contributed by atoms with Crippen LogP contribution in [0.5, 0.6) is 5.75 Å². The van der Waals surface area contributed by atoms with E-state index in [1.165, 1.54) is 11.3 Å². The van der Waals surface area contributed by atoms with Crippen molar-refractivity contribution in [1.82, 2.24) is 5.32 Å². The number of nitrogens with one attached hydrogen (secondary N) is 1. The molecule has 0 fully saturated rings. The average Bonchev–Trinajstić information content (AvgIpc) is 3.00. The van der Waals surface area contributed by atoms with Gasteiger partial charge in [0.05, 0.1) is 12.6 Å². The quantitative estimate of drug-likeness (QED) is 0.860. The van der Waals surface area contributed by atoms with E-state index in [9.17, 15) is 9.90 Å². The van der Waals surface area contributed by atoms with Crippen molar-refractivity contribution in [2.75, 3.05) is 6.54 Å². The SMILES string of the molecule is CC(C)Oc1ccc(C(=O)NCC(C)(O)c2cccs2)cc1. The second-order valence-corrected chi connectivity index (χ2v) is 6.57. The Morgan fingerprint density at radius 2 is 2.00 bits per heavy atom. The molecule has 0 aliphatic heterocycles. The van der Waals surface area contributed by atoms with Gasteiger partial charge < -0.3 is 15.2 Å². The van der Waals surface area contributed by atoms with Gasteiger partial charge in [-0.25, -0.2) is 0 Å². The molecule has 1 aromatic carbocycles. The first-order valence-corrected chi connectivity index (χ1v) is 8.08. The molecule has 0 bridgehead atoms. The molecule has 1 aromatic heterocycles. The summed E-state index contributed by atoms with van der Waals surface area (Å²) < 4.78 is 5.54. The van der Waals surface area contributed by atoms with E-state index in [1.54, 1.807) is 31.2 Å². The summed E-state index contributed by atoms with van der Waals surface area (Å²) in [4.78, 5) is 13.0. The summed E-state index contributed by atoms with van der Waals surface area (Å²) >= 11 is 1.47. The Morgan fingerprint density at radius 3 is 2.55 bits per heavy atom. The van der Waals surface area contributed by atoms with Gasteiger partial charge in [-0.05, 0) is 56.5 Å². The lowest BCUT2D eigenvalue weighted by Gasteiger charge is -2.22. The molecule has 2 aromatic rings. The maximum Gasteiger partial charge on any atom is 0.251 e. The third kappa shape index (κ3) is 4.32. The third-order valence-corrected chi connectivity index (χ3v) is 4.26. The van der Waals surface area contributed by atoms with Crippen LogP contribution in [0, 0.1) is 0 Å². The number of hydrogen-bond acceptors (Lipinski definition) is 4. The molecule has 1 amide bonds. The summed E-state index contributed by atoms with van der Waals surface area (Å²) in [5.74, 6) is 0.519. The number of ether oxygens (including phenoxy) is 1. The summed E-state index contributed by atoms with van der Waals surface area (Å²) in [5.41, 5.74) is -0.525. The van der Waals surface area contributed by atoms with Crippen LogP contribution in [0.15, 0.2) is 41.8 Å². The van der Waals surface area contributed by atoms with Gasteiger partial charge in [0.25, 0.3) is 5.91 Å². The van der Waals surface area contributed by atoms with Crippen LogP contribution in [0.3, 0.4) is 0 Å². The van der Waals surface area contributed by atoms with Crippen LogP contribution in [-0.4, -0.2) is 23.7 Å². The largest absolute Gasteiger partial charge is 0.491 e. The average molecular weight is 319 g/mol. The highest BCUT2D eigenvalue weighted by Gasteiger charge is 2.25. The topological polar surface area (TPSA) is 58.6 Å². The fraction of sp³-hybridized carbons (Fsp3) is 0.353. The van der Waals surface area contributed by atoms with Gasteiger partial charge in [-0.2, -0.15) is 0 Å². The number of hydrogen-bond donors (Lipinski definition) is 2. The van der Waals surface area contributed by atoms with Gasteiger partial charge in [-0.1, -0.05) is 6.07 Å². The van der Waals surface area contributed by atoms with Crippen LogP contribution in [-0.2, 0) is 5.60 Å². The Hall–Kier alpha value is -1.85. The van der Waals surface area contributed by atoms with E-state index < -0.39 is 5.60 Å². The van der Waals surface area contributed by atoms with E-state index in [1.807, 2.05) is 31.4 Å². The molecule has 22 heavy (non-hydrogen) atoms. The molecule has 1 atom stereocenters. The Morgan fingerprint density at radius 1 is 1.32 bits per heavy atom.